The van der Waals surface area contributed by atoms with Crippen LogP contribution in [0.2, 0.25) is 0 Å². The van der Waals surface area contributed by atoms with Gasteiger partial charge in [-0.05, 0) is 129 Å². The monoisotopic (exact) mass is 650 g/mol. The van der Waals surface area contributed by atoms with Gasteiger partial charge in [-0.1, -0.05) is 0 Å². The minimum absolute atomic E-state index is 0.00638. The van der Waals surface area contributed by atoms with Crippen molar-refractivity contribution in [1.82, 2.24) is 14.7 Å². The fourth-order valence-electron chi connectivity index (χ4n) is 8.60. The molecule has 0 aromatic rings. The summed E-state index contributed by atoms with van der Waals surface area (Å²) in [7, 11) is 6.35. The first kappa shape index (κ1) is 38.7. The van der Waals surface area contributed by atoms with E-state index >= 15 is 0 Å². The van der Waals surface area contributed by atoms with Crippen LogP contribution in [0.3, 0.4) is 0 Å². The third kappa shape index (κ3) is 8.11. The molecule has 266 valence electrons. The second-order valence-electron chi connectivity index (χ2n) is 18.3. The van der Waals surface area contributed by atoms with E-state index in [0.717, 1.165) is 19.3 Å². The van der Waals surface area contributed by atoms with Crippen LogP contribution < -0.4 is 0 Å². The average molecular weight is 650 g/mol. The number of nitrogens with zero attached hydrogens (tertiary/aromatic N) is 3. The van der Waals surface area contributed by atoms with Crippen LogP contribution in [-0.2, 0) is 28.6 Å². The van der Waals surface area contributed by atoms with Crippen molar-refractivity contribution in [2.24, 2.45) is 23.7 Å². The van der Waals surface area contributed by atoms with Gasteiger partial charge in [0, 0.05) is 70.2 Å². The van der Waals surface area contributed by atoms with Gasteiger partial charge in [0.25, 0.3) is 0 Å². The third-order valence-electron chi connectivity index (χ3n) is 13.3. The summed E-state index contributed by atoms with van der Waals surface area (Å²) < 4.78 is 17.5. The Labute approximate surface area is 280 Å². The Bertz CT molecular complexity index is 988. The Kier molecular flexibility index (Phi) is 11.2. The Hall–Kier alpha value is -1.71. The van der Waals surface area contributed by atoms with Crippen LogP contribution in [0.5, 0.6) is 0 Å². The van der Waals surface area contributed by atoms with E-state index in [-0.39, 0.29) is 70.2 Å². The standard InChI is InChI=1S/C37H67N3O6/c1-32(2)19-26(35(7,8)38(32)13)22-44-29(41)16-25(17-30(42)45-23-27-20-33(3,4)39(14)36(27,9)10)18-31(43)46-24-28-21-34(5,6)40(15)37(28,11)12/h25-28H,16-24H2,1-15H3. The summed E-state index contributed by atoms with van der Waals surface area (Å²) in [5, 5.41) is 0. The van der Waals surface area contributed by atoms with Crippen LogP contribution in [0, 0.1) is 23.7 Å². The highest BCUT2D eigenvalue weighted by atomic mass is 16.5. The smallest absolute Gasteiger partial charge is 0.306 e. The van der Waals surface area contributed by atoms with Gasteiger partial charge in [-0.2, -0.15) is 0 Å². The van der Waals surface area contributed by atoms with Gasteiger partial charge in [0.15, 0.2) is 0 Å². The maximum atomic E-state index is 13.2. The second-order valence-corrected chi connectivity index (χ2v) is 18.3. The molecule has 3 fully saturated rings. The summed E-state index contributed by atoms with van der Waals surface area (Å²) in [6.07, 6.45) is 2.64. The lowest BCUT2D eigenvalue weighted by molar-refractivity contribution is -0.152. The van der Waals surface area contributed by atoms with Gasteiger partial charge in [-0.15, -0.1) is 0 Å². The van der Waals surface area contributed by atoms with Crippen molar-refractivity contribution in [3.63, 3.8) is 0 Å². The Balaban J connectivity index is 1.63. The molecule has 9 nitrogen and oxygen atoms in total. The summed E-state index contributed by atoms with van der Waals surface area (Å²) in [6.45, 7) is 27.3. The Morgan fingerprint density at radius 3 is 0.891 bits per heavy atom. The molecule has 0 bridgehead atoms. The molecule has 0 spiro atoms. The van der Waals surface area contributed by atoms with Crippen molar-refractivity contribution in [2.45, 2.75) is 155 Å². The van der Waals surface area contributed by atoms with Crippen LogP contribution in [0.15, 0.2) is 0 Å². The number of likely N-dealkylation sites (tertiary alicyclic amines) is 3. The molecular formula is C37H67N3O6. The lowest BCUT2D eigenvalue weighted by Crippen LogP contribution is -2.47. The molecule has 3 saturated heterocycles. The summed E-state index contributed by atoms with van der Waals surface area (Å²) >= 11 is 0. The van der Waals surface area contributed by atoms with Gasteiger partial charge in [0.05, 0.1) is 19.8 Å². The topological polar surface area (TPSA) is 88.6 Å². The first-order valence-corrected chi connectivity index (χ1v) is 17.4. The molecule has 46 heavy (non-hydrogen) atoms. The third-order valence-corrected chi connectivity index (χ3v) is 13.3. The fraction of sp³-hybridized carbons (Fsp3) is 0.919. The molecule has 3 aliphatic heterocycles. The molecule has 0 amide bonds. The quantitative estimate of drug-likeness (QED) is 0.189. The van der Waals surface area contributed by atoms with E-state index in [0.29, 0.717) is 19.8 Å². The van der Waals surface area contributed by atoms with Gasteiger partial charge >= 0.3 is 17.9 Å². The Morgan fingerprint density at radius 1 is 0.500 bits per heavy atom. The predicted octanol–water partition coefficient (Wildman–Crippen LogP) is 5.93. The van der Waals surface area contributed by atoms with Crippen molar-refractivity contribution >= 4 is 17.9 Å². The SMILES string of the molecule is CN1C(C)(C)CC(COC(=O)CC(CC(=O)OCC2CC(C)(C)N(C)C2(C)C)CC(=O)OCC2CC(C)(C)N(C)C2(C)C)C1(C)C. The number of rotatable bonds is 12. The van der Waals surface area contributed by atoms with E-state index in [1.165, 1.54) is 0 Å². The molecule has 0 radical (unpaired) electrons. The van der Waals surface area contributed by atoms with E-state index in [9.17, 15) is 14.4 Å². The minimum Gasteiger partial charge on any atom is -0.465 e. The van der Waals surface area contributed by atoms with Gasteiger partial charge < -0.3 is 14.2 Å². The second kappa shape index (κ2) is 13.3. The number of esters is 3. The molecule has 3 rings (SSSR count). The predicted molar refractivity (Wildman–Crippen MR) is 182 cm³/mol. The van der Waals surface area contributed by atoms with Gasteiger partial charge in [0.2, 0.25) is 0 Å². The molecule has 0 aliphatic carbocycles. The summed E-state index contributed by atoms with van der Waals surface area (Å²) in [5.41, 5.74) is -0.344. The van der Waals surface area contributed by atoms with Gasteiger partial charge in [-0.3, -0.25) is 29.1 Å². The summed E-state index contributed by atoms with van der Waals surface area (Å²) in [4.78, 5) is 46.6. The number of hydrogen-bond donors (Lipinski definition) is 0. The zero-order chi connectivity index (χ0) is 35.3. The van der Waals surface area contributed by atoms with Crippen LogP contribution in [0.4, 0.5) is 0 Å². The van der Waals surface area contributed by atoms with E-state index in [1.807, 2.05) is 0 Å². The van der Waals surface area contributed by atoms with E-state index in [2.05, 4.69) is 119 Å². The molecular weight excluding hydrogens is 582 g/mol. The highest BCUT2D eigenvalue weighted by molar-refractivity contribution is 5.76. The molecule has 3 atom stereocenters. The molecule has 0 N–H and O–H groups in total. The Morgan fingerprint density at radius 2 is 0.717 bits per heavy atom. The molecule has 9 heteroatoms. The number of hydrogen-bond acceptors (Lipinski definition) is 9. The van der Waals surface area contributed by atoms with Gasteiger partial charge in [-0.25, -0.2) is 0 Å². The maximum absolute atomic E-state index is 13.2. The highest BCUT2D eigenvalue weighted by Crippen LogP contribution is 2.46. The normalized spacial score (nSPS) is 30.2. The van der Waals surface area contributed by atoms with E-state index < -0.39 is 23.8 Å². The number of ether oxygens (including phenoxy) is 3. The molecule has 0 aromatic carbocycles. The summed E-state index contributed by atoms with van der Waals surface area (Å²) in [5.74, 6) is -1.20. The number of carbonyl (C=O) groups is 3. The first-order valence-electron chi connectivity index (χ1n) is 17.4. The van der Waals surface area contributed by atoms with Crippen LogP contribution >= 0.6 is 0 Å². The largest absolute Gasteiger partial charge is 0.465 e. The average Bonchev–Trinajstić information content (AvgIpc) is 3.27. The maximum Gasteiger partial charge on any atom is 0.306 e. The van der Waals surface area contributed by atoms with E-state index in [4.69, 9.17) is 14.2 Å². The van der Waals surface area contributed by atoms with Gasteiger partial charge in [0.1, 0.15) is 0 Å². The van der Waals surface area contributed by atoms with Crippen molar-refractivity contribution in [1.29, 1.82) is 0 Å². The van der Waals surface area contributed by atoms with Crippen molar-refractivity contribution in [2.75, 3.05) is 41.0 Å². The molecule has 0 saturated carbocycles. The van der Waals surface area contributed by atoms with Crippen molar-refractivity contribution in [3.05, 3.63) is 0 Å². The van der Waals surface area contributed by atoms with Crippen LogP contribution in [-0.4, -0.2) is 107 Å². The lowest BCUT2D eigenvalue weighted by atomic mass is 9.87. The fourth-order valence-corrected chi connectivity index (χ4v) is 8.60. The zero-order valence-corrected chi connectivity index (χ0v) is 32.0. The molecule has 3 aliphatic rings. The molecule has 0 aromatic heterocycles. The van der Waals surface area contributed by atoms with Crippen LogP contribution in [0.1, 0.15) is 122 Å². The molecule has 3 heterocycles. The zero-order valence-electron chi connectivity index (χ0n) is 32.0. The van der Waals surface area contributed by atoms with E-state index in [1.54, 1.807) is 0 Å². The van der Waals surface area contributed by atoms with Crippen molar-refractivity contribution < 1.29 is 28.6 Å². The number of carbonyl (C=O) groups excluding carboxylic acids is 3. The van der Waals surface area contributed by atoms with Crippen LogP contribution in [0.25, 0.3) is 0 Å². The summed E-state index contributed by atoms with van der Waals surface area (Å²) in [6, 6.07) is 0. The minimum atomic E-state index is -0.561. The molecule has 3 unspecified atom stereocenters. The first-order chi connectivity index (χ1) is 20.7. The lowest BCUT2D eigenvalue weighted by Gasteiger charge is -2.38. The highest BCUT2D eigenvalue weighted by Gasteiger charge is 2.51. The van der Waals surface area contributed by atoms with Crippen molar-refractivity contribution in [3.8, 4) is 0 Å².